The topological polar surface area (TPSA) is 37.8 Å². The fraction of sp³-hybridized carbons (Fsp3) is 0.333. The maximum absolute atomic E-state index is 6.09. The SMILES string of the molecule is Clc1cccnc1-c1nc(CNC2CC2)cs1. The first-order valence-corrected chi connectivity index (χ1v) is 6.87. The second kappa shape index (κ2) is 4.72. The van der Waals surface area contributed by atoms with Crippen LogP contribution in [0.15, 0.2) is 23.7 Å². The largest absolute Gasteiger partial charge is 0.308 e. The van der Waals surface area contributed by atoms with E-state index in [0.29, 0.717) is 11.1 Å². The summed E-state index contributed by atoms with van der Waals surface area (Å²) in [6.07, 6.45) is 4.33. The van der Waals surface area contributed by atoms with Gasteiger partial charge in [0.1, 0.15) is 10.7 Å². The van der Waals surface area contributed by atoms with Crippen LogP contribution in [0.1, 0.15) is 18.5 Å². The Hall–Kier alpha value is -0.970. The molecule has 3 rings (SSSR count). The molecule has 0 radical (unpaired) electrons. The summed E-state index contributed by atoms with van der Waals surface area (Å²) in [5, 5.41) is 7.06. The Morgan fingerprint density at radius 2 is 2.35 bits per heavy atom. The molecule has 0 aliphatic heterocycles. The van der Waals surface area contributed by atoms with E-state index in [1.807, 2.05) is 12.1 Å². The molecule has 3 nitrogen and oxygen atoms in total. The van der Waals surface area contributed by atoms with Crippen molar-refractivity contribution in [2.24, 2.45) is 0 Å². The molecule has 5 heteroatoms. The average molecular weight is 266 g/mol. The Morgan fingerprint density at radius 1 is 1.47 bits per heavy atom. The molecule has 1 saturated carbocycles. The third-order valence-electron chi connectivity index (χ3n) is 2.66. The molecule has 0 aromatic carbocycles. The molecular weight excluding hydrogens is 254 g/mol. The summed E-state index contributed by atoms with van der Waals surface area (Å²) in [4.78, 5) is 8.82. The lowest BCUT2D eigenvalue weighted by Crippen LogP contribution is -2.15. The van der Waals surface area contributed by atoms with Crippen LogP contribution in [-0.2, 0) is 6.54 Å². The predicted octanol–water partition coefficient (Wildman–Crippen LogP) is 3.11. The van der Waals surface area contributed by atoms with Crippen LogP contribution in [0.3, 0.4) is 0 Å². The minimum absolute atomic E-state index is 0.656. The number of nitrogens with zero attached hydrogens (tertiary/aromatic N) is 2. The van der Waals surface area contributed by atoms with Gasteiger partial charge in [-0.3, -0.25) is 4.98 Å². The third-order valence-corrected chi connectivity index (χ3v) is 3.86. The molecule has 1 fully saturated rings. The highest BCUT2D eigenvalue weighted by atomic mass is 35.5. The molecular formula is C12H12ClN3S. The van der Waals surface area contributed by atoms with Crippen LogP contribution in [0, 0.1) is 0 Å². The van der Waals surface area contributed by atoms with E-state index >= 15 is 0 Å². The van der Waals surface area contributed by atoms with Crippen molar-refractivity contribution < 1.29 is 0 Å². The number of thiazole rings is 1. The maximum Gasteiger partial charge on any atom is 0.143 e. The number of rotatable bonds is 4. The van der Waals surface area contributed by atoms with E-state index in [0.717, 1.165) is 22.9 Å². The Morgan fingerprint density at radius 3 is 3.12 bits per heavy atom. The quantitative estimate of drug-likeness (QED) is 0.923. The summed E-state index contributed by atoms with van der Waals surface area (Å²) >= 11 is 7.68. The average Bonchev–Trinajstić information content (AvgIpc) is 3.06. The van der Waals surface area contributed by atoms with Gasteiger partial charge in [-0.25, -0.2) is 4.98 Å². The van der Waals surface area contributed by atoms with E-state index in [2.05, 4.69) is 20.7 Å². The summed E-state index contributed by atoms with van der Waals surface area (Å²) in [6.45, 7) is 0.839. The highest BCUT2D eigenvalue weighted by Gasteiger charge is 2.20. The molecule has 17 heavy (non-hydrogen) atoms. The van der Waals surface area contributed by atoms with Gasteiger partial charge in [-0.2, -0.15) is 0 Å². The van der Waals surface area contributed by atoms with Crippen LogP contribution in [-0.4, -0.2) is 16.0 Å². The van der Waals surface area contributed by atoms with Crippen molar-refractivity contribution in [1.29, 1.82) is 0 Å². The molecule has 1 aliphatic rings. The molecule has 0 bridgehead atoms. The number of halogens is 1. The first-order chi connectivity index (χ1) is 8.33. The van der Waals surface area contributed by atoms with Gasteiger partial charge in [-0.1, -0.05) is 11.6 Å². The first kappa shape index (κ1) is 11.1. The number of pyridine rings is 1. The number of aromatic nitrogens is 2. The summed E-state index contributed by atoms with van der Waals surface area (Å²) in [5.74, 6) is 0. The molecule has 0 atom stereocenters. The monoisotopic (exact) mass is 265 g/mol. The van der Waals surface area contributed by atoms with Gasteiger partial charge in [0.15, 0.2) is 0 Å². The lowest BCUT2D eigenvalue weighted by molar-refractivity contribution is 0.678. The van der Waals surface area contributed by atoms with Crippen molar-refractivity contribution in [2.45, 2.75) is 25.4 Å². The van der Waals surface area contributed by atoms with Crippen LogP contribution >= 0.6 is 22.9 Å². The first-order valence-electron chi connectivity index (χ1n) is 5.61. The van der Waals surface area contributed by atoms with E-state index < -0.39 is 0 Å². The van der Waals surface area contributed by atoms with Gasteiger partial charge in [0.25, 0.3) is 0 Å². The second-order valence-electron chi connectivity index (χ2n) is 4.13. The van der Waals surface area contributed by atoms with Gasteiger partial charge in [-0.15, -0.1) is 11.3 Å². The van der Waals surface area contributed by atoms with Gasteiger partial charge in [0.05, 0.1) is 10.7 Å². The second-order valence-corrected chi connectivity index (χ2v) is 5.40. The van der Waals surface area contributed by atoms with Crippen LogP contribution < -0.4 is 5.32 Å². The highest BCUT2D eigenvalue weighted by molar-refractivity contribution is 7.13. The molecule has 2 aromatic rings. The summed E-state index contributed by atoms with van der Waals surface area (Å²) in [7, 11) is 0. The molecule has 0 unspecified atom stereocenters. The van der Waals surface area contributed by atoms with Crippen molar-refractivity contribution in [2.75, 3.05) is 0 Å². The molecule has 88 valence electrons. The number of hydrogen-bond donors (Lipinski definition) is 1. The Labute approximate surface area is 109 Å². The highest BCUT2D eigenvalue weighted by Crippen LogP contribution is 2.28. The van der Waals surface area contributed by atoms with Gasteiger partial charge < -0.3 is 5.32 Å². The van der Waals surface area contributed by atoms with Gasteiger partial charge in [-0.05, 0) is 25.0 Å². The van der Waals surface area contributed by atoms with Gasteiger partial charge >= 0.3 is 0 Å². The molecule has 2 heterocycles. The van der Waals surface area contributed by atoms with Crippen molar-refractivity contribution in [3.63, 3.8) is 0 Å². The lowest BCUT2D eigenvalue weighted by atomic mass is 10.3. The minimum atomic E-state index is 0.656. The predicted molar refractivity (Wildman–Crippen MR) is 70.2 cm³/mol. The zero-order chi connectivity index (χ0) is 11.7. The van der Waals surface area contributed by atoms with Crippen molar-refractivity contribution in [1.82, 2.24) is 15.3 Å². The van der Waals surface area contributed by atoms with Gasteiger partial charge in [0, 0.05) is 24.2 Å². The molecule has 1 N–H and O–H groups in total. The van der Waals surface area contributed by atoms with Crippen molar-refractivity contribution in [3.8, 4) is 10.7 Å². The van der Waals surface area contributed by atoms with Crippen LogP contribution in [0.5, 0.6) is 0 Å². The molecule has 0 saturated heterocycles. The minimum Gasteiger partial charge on any atom is -0.308 e. The lowest BCUT2D eigenvalue weighted by Gasteiger charge is -1.99. The summed E-state index contributed by atoms with van der Waals surface area (Å²) in [6, 6.07) is 4.38. The van der Waals surface area contributed by atoms with Crippen LogP contribution in [0.4, 0.5) is 0 Å². The fourth-order valence-electron chi connectivity index (χ4n) is 1.58. The molecule has 0 amide bonds. The van der Waals surface area contributed by atoms with Gasteiger partial charge in [0.2, 0.25) is 0 Å². The summed E-state index contributed by atoms with van der Waals surface area (Å²) < 4.78 is 0. The maximum atomic E-state index is 6.09. The zero-order valence-corrected chi connectivity index (χ0v) is 10.8. The molecule has 0 spiro atoms. The third kappa shape index (κ3) is 2.65. The van der Waals surface area contributed by atoms with E-state index in [4.69, 9.17) is 11.6 Å². The van der Waals surface area contributed by atoms with Crippen molar-refractivity contribution >= 4 is 22.9 Å². The molecule has 2 aromatic heterocycles. The standard InChI is InChI=1S/C12H12ClN3S/c13-10-2-1-5-14-11(10)12-16-9(7-17-12)6-15-8-3-4-8/h1-2,5,7-8,15H,3-4,6H2. The normalized spacial score (nSPS) is 15.1. The Kier molecular flexibility index (Phi) is 3.09. The van der Waals surface area contributed by atoms with E-state index in [1.165, 1.54) is 12.8 Å². The van der Waals surface area contributed by atoms with Crippen molar-refractivity contribution in [3.05, 3.63) is 34.4 Å². The van der Waals surface area contributed by atoms with E-state index in [-0.39, 0.29) is 0 Å². The Balaban J connectivity index is 1.77. The smallest absolute Gasteiger partial charge is 0.143 e. The summed E-state index contributed by atoms with van der Waals surface area (Å²) in [5.41, 5.74) is 1.84. The van der Waals surface area contributed by atoms with Crippen LogP contribution in [0.2, 0.25) is 5.02 Å². The Bertz CT molecular complexity index is 522. The van der Waals surface area contributed by atoms with E-state index in [9.17, 15) is 0 Å². The number of nitrogens with one attached hydrogen (secondary N) is 1. The zero-order valence-electron chi connectivity index (χ0n) is 9.19. The van der Waals surface area contributed by atoms with Crippen LogP contribution in [0.25, 0.3) is 10.7 Å². The number of hydrogen-bond acceptors (Lipinski definition) is 4. The fourth-order valence-corrected chi connectivity index (χ4v) is 2.67. The van der Waals surface area contributed by atoms with E-state index in [1.54, 1.807) is 17.5 Å². The molecule has 1 aliphatic carbocycles.